The molecule has 3 heteroatoms. The summed E-state index contributed by atoms with van der Waals surface area (Å²) in [6.07, 6.45) is 4.52. The molecule has 2 atom stereocenters. The van der Waals surface area contributed by atoms with E-state index in [0.29, 0.717) is 12.1 Å². The van der Waals surface area contributed by atoms with E-state index in [4.69, 9.17) is 4.74 Å². The van der Waals surface area contributed by atoms with Crippen molar-refractivity contribution >= 4 is 11.3 Å². The molecule has 0 spiro atoms. The molecule has 0 saturated carbocycles. The first-order valence-electron chi connectivity index (χ1n) is 7.11. The molecule has 2 unspecified atom stereocenters. The Morgan fingerprint density at radius 2 is 2.28 bits per heavy atom. The maximum absolute atomic E-state index is 6.03. The van der Waals surface area contributed by atoms with Crippen molar-refractivity contribution in [1.82, 2.24) is 5.32 Å². The molecule has 1 fully saturated rings. The molecule has 0 amide bonds. The highest BCUT2D eigenvalue weighted by atomic mass is 32.1. The average molecular weight is 267 g/mol. The summed E-state index contributed by atoms with van der Waals surface area (Å²) in [5.74, 6) is 0. The predicted octanol–water partition coefficient (Wildman–Crippen LogP) is 4.14. The Morgan fingerprint density at radius 1 is 1.50 bits per heavy atom. The van der Waals surface area contributed by atoms with E-state index in [-0.39, 0.29) is 5.60 Å². The molecule has 1 N–H and O–H groups in total. The van der Waals surface area contributed by atoms with Crippen molar-refractivity contribution in [2.45, 2.75) is 64.1 Å². The minimum absolute atomic E-state index is 0.115. The highest BCUT2D eigenvalue weighted by molar-refractivity contribution is 7.07. The Kier molecular flexibility index (Phi) is 4.82. The van der Waals surface area contributed by atoms with Crippen LogP contribution in [0, 0.1) is 0 Å². The van der Waals surface area contributed by atoms with Crippen LogP contribution in [0.2, 0.25) is 0 Å². The van der Waals surface area contributed by atoms with Crippen molar-refractivity contribution in [1.29, 1.82) is 0 Å². The van der Waals surface area contributed by atoms with E-state index in [1.807, 2.05) is 0 Å². The Balaban J connectivity index is 1.93. The molecule has 1 aromatic heterocycles. The van der Waals surface area contributed by atoms with E-state index < -0.39 is 0 Å². The topological polar surface area (TPSA) is 21.3 Å². The number of ether oxygens (including phenoxy) is 1. The van der Waals surface area contributed by atoms with Gasteiger partial charge in [0.15, 0.2) is 0 Å². The fourth-order valence-electron chi connectivity index (χ4n) is 2.88. The minimum atomic E-state index is 0.115. The van der Waals surface area contributed by atoms with E-state index >= 15 is 0 Å². The maximum Gasteiger partial charge on any atom is 0.0692 e. The maximum atomic E-state index is 6.03. The van der Waals surface area contributed by atoms with Gasteiger partial charge in [0, 0.05) is 18.7 Å². The lowest BCUT2D eigenvalue weighted by atomic mass is 9.85. The van der Waals surface area contributed by atoms with Gasteiger partial charge in [-0.1, -0.05) is 13.8 Å². The van der Waals surface area contributed by atoms with Gasteiger partial charge in [0.25, 0.3) is 0 Å². The summed E-state index contributed by atoms with van der Waals surface area (Å²) in [5.41, 5.74) is 1.52. The summed E-state index contributed by atoms with van der Waals surface area (Å²) >= 11 is 1.77. The van der Waals surface area contributed by atoms with Gasteiger partial charge in [0.2, 0.25) is 0 Å². The first-order valence-corrected chi connectivity index (χ1v) is 8.05. The minimum Gasteiger partial charge on any atom is -0.375 e. The van der Waals surface area contributed by atoms with Crippen LogP contribution in [0.4, 0.5) is 0 Å². The second-order valence-corrected chi connectivity index (χ2v) is 6.15. The van der Waals surface area contributed by atoms with Crippen LogP contribution >= 0.6 is 11.3 Å². The first-order chi connectivity index (χ1) is 8.69. The largest absolute Gasteiger partial charge is 0.375 e. The SMILES string of the molecule is CCC1(CC)CC(NC(C)c2ccsc2)CCO1. The summed E-state index contributed by atoms with van der Waals surface area (Å²) in [5, 5.41) is 8.16. The van der Waals surface area contributed by atoms with Crippen molar-refractivity contribution in [3.8, 4) is 0 Å². The summed E-state index contributed by atoms with van der Waals surface area (Å²) in [6, 6.07) is 3.26. The molecule has 1 aliphatic heterocycles. The van der Waals surface area contributed by atoms with Crippen molar-refractivity contribution in [2.75, 3.05) is 6.61 Å². The predicted molar refractivity (Wildman–Crippen MR) is 78.2 cm³/mol. The lowest BCUT2D eigenvalue weighted by molar-refractivity contribution is -0.0939. The zero-order valence-corrected chi connectivity index (χ0v) is 12.6. The molecular formula is C15H25NOS. The molecule has 1 aromatic rings. The number of hydrogen-bond donors (Lipinski definition) is 1. The number of nitrogens with one attached hydrogen (secondary N) is 1. The fraction of sp³-hybridized carbons (Fsp3) is 0.733. The number of hydrogen-bond acceptors (Lipinski definition) is 3. The third-order valence-corrected chi connectivity index (χ3v) is 5.01. The second kappa shape index (κ2) is 6.18. The van der Waals surface area contributed by atoms with Gasteiger partial charge >= 0.3 is 0 Å². The van der Waals surface area contributed by atoms with Crippen LogP contribution < -0.4 is 5.32 Å². The van der Waals surface area contributed by atoms with E-state index in [9.17, 15) is 0 Å². The lowest BCUT2D eigenvalue weighted by Gasteiger charge is -2.41. The third-order valence-electron chi connectivity index (χ3n) is 4.31. The van der Waals surface area contributed by atoms with Crippen LogP contribution in [0.15, 0.2) is 16.8 Å². The Morgan fingerprint density at radius 3 is 2.89 bits per heavy atom. The first kappa shape index (κ1) is 14.0. The van der Waals surface area contributed by atoms with Crippen LogP contribution in [0.25, 0.3) is 0 Å². The van der Waals surface area contributed by atoms with Crippen LogP contribution in [-0.4, -0.2) is 18.2 Å². The summed E-state index contributed by atoms with van der Waals surface area (Å²) in [7, 11) is 0. The van der Waals surface area contributed by atoms with Gasteiger partial charge in [-0.3, -0.25) is 0 Å². The van der Waals surface area contributed by atoms with Crippen LogP contribution in [0.3, 0.4) is 0 Å². The van der Waals surface area contributed by atoms with E-state index in [1.165, 1.54) is 5.56 Å². The smallest absolute Gasteiger partial charge is 0.0692 e. The molecule has 0 bridgehead atoms. The van der Waals surface area contributed by atoms with Gasteiger partial charge in [0.05, 0.1) is 5.60 Å². The molecule has 1 saturated heterocycles. The van der Waals surface area contributed by atoms with Gasteiger partial charge < -0.3 is 10.1 Å². The highest BCUT2D eigenvalue weighted by Gasteiger charge is 2.34. The molecule has 2 rings (SSSR count). The lowest BCUT2D eigenvalue weighted by Crippen LogP contribution is -2.47. The Hall–Kier alpha value is -0.380. The Labute approximate surface area is 115 Å². The molecule has 0 aromatic carbocycles. The Bertz CT molecular complexity index is 345. The molecule has 2 heterocycles. The number of thiophene rings is 1. The highest BCUT2D eigenvalue weighted by Crippen LogP contribution is 2.32. The van der Waals surface area contributed by atoms with Crippen molar-refractivity contribution < 1.29 is 4.74 Å². The van der Waals surface area contributed by atoms with E-state index in [1.54, 1.807) is 11.3 Å². The molecule has 2 nitrogen and oxygen atoms in total. The molecule has 18 heavy (non-hydrogen) atoms. The van der Waals surface area contributed by atoms with Crippen LogP contribution in [-0.2, 0) is 4.74 Å². The zero-order valence-electron chi connectivity index (χ0n) is 11.7. The normalized spacial score (nSPS) is 24.9. The molecular weight excluding hydrogens is 242 g/mol. The van der Waals surface area contributed by atoms with Gasteiger partial charge in [-0.15, -0.1) is 0 Å². The van der Waals surface area contributed by atoms with Gasteiger partial charge in [0.1, 0.15) is 0 Å². The standard InChI is InChI=1S/C15H25NOS/c1-4-15(5-2)10-14(6-8-17-15)16-12(3)13-7-9-18-11-13/h7,9,11-12,14,16H,4-6,8,10H2,1-3H3. The van der Waals surface area contributed by atoms with Crippen molar-refractivity contribution in [3.05, 3.63) is 22.4 Å². The summed E-state index contributed by atoms with van der Waals surface area (Å²) in [6.45, 7) is 7.65. The molecule has 1 aliphatic rings. The zero-order chi connectivity index (χ0) is 13.0. The average Bonchev–Trinajstić information content (AvgIpc) is 2.93. The van der Waals surface area contributed by atoms with Gasteiger partial charge in [-0.05, 0) is 55.0 Å². The van der Waals surface area contributed by atoms with Gasteiger partial charge in [-0.2, -0.15) is 11.3 Å². The van der Waals surface area contributed by atoms with Crippen molar-refractivity contribution in [3.63, 3.8) is 0 Å². The van der Waals surface area contributed by atoms with Crippen LogP contribution in [0.5, 0.6) is 0 Å². The summed E-state index contributed by atoms with van der Waals surface area (Å²) < 4.78 is 6.03. The van der Waals surface area contributed by atoms with E-state index in [0.717, 1.165) is 32.3 Å². The monoisotopic (exact) mass is 267 g/mol. The van der Waals surface area contributed by atoms with Crippen molar-refractivity contribution in [2.24, 2.45) is 0 Å². The van der Waals surface area contributed by atoms with Gasteiger partial charge in [-0.25, -0.2) is 0 Å². The summed E-state index contributed by atoms with van der Waals surface area (Å²) in [4.78, 5) is 0. The fourth-order valence-corrected chi connectivity index (χ4v) is 3.64. The third kappa shape index (κ3) is 3.14. The molecule has 102 valence electrons. The molecule has 0 aliphatic carbocycles. The van der Waals surface area contributed by atoms with Crippen LogP contribution in [0.1, 0.15) is 58.1 Å². The second-order valence-electron chi connectivity index (χ2n) is 5.37. The molecule has 0 radical (unpaired) electrons. The van der Waals surface area contributed by atoms with E-state index in [2.05, 4.69) is 42.9 Å². The quantitative estimate of drug-likeness (QED) is 0.866. The number of rotatable bonds is 5.